The van der Waals surface area contributed by atoms with Crippen molar-refractivity contribution in [3.8, 4) is 11.5 Å². The molecule has 212 valence electrons. The number of nitrogens with two attached hydrogens (primary N) is 1. The van der Waals surface area contributed by atoms with Crippen LogP contribution in [0, 0.1) is 0 Å². The monoisotopic (exact) mass is 572 g/mol. The van der Waals surface area contributed by atoms with Gasteiger partial charge >= 0.3 is 0 Å². The van der Waals surface area contributed by atoms with E-state index in [2.05, 4.69) is 26.9 Å². The molecule has 14 heteroatoms. The summed E-state index contributed by atoms with van der Waals surface area (Å²) in [4.78, 5) is 11.3. The lowest BCUT2D eigenvalue weighted by Gasteiger charge is -2.14. The fraction of sp³-hybridized carbons (Fsp3) is 0.269. The zero-order valence-electron chi connectivity index (χ0n) is 21.9. The fourth-order valence-corrected chi connectivity index (χ4v) is 5.12. The second-order valence-electron chi connectivity index (χ2n) is 8.71. The van der Waals surface area contributed by atoms with Crippen molar-refractivity contribution in [1.29, 1.82) is 0 Å². The summed E-state index contributed by atoms with van der Waals surface area (Å²) in [7, 11) is -2.69. The van der Waals surface area contributed by atoms with Gasteiger partial charge in [0.05, 0.1) is 19.9 Å². The number of halogens is 1. The molecule has 0 radical (unpaired) electrons. The third kappa shape index (κ3) is 6.40. The Bertz CT molecular complexity index is 1650. The molecule has 0 aliphatic carbocycles. The van der Waals surface area contributed by atoms with Gasteiger partial charge in [-0.15, -0.1) is 0 Å². The summed E-state index contributed by atoms with van der Waals surface area (Å²) >= 11 is 0. The maximum atomic E-state index is 13.4. The van der Waals surface area contributed by atoms with Gasteiger partial charge in [0.25, 0.3) is 15.9 Å². The van der Waals surface area contributed by atoms with E-state index in [1.54, 1.807) is 41.2 Å². The summed E-state index contributed by atoms with van der Waals surface area (Å²) in [6.45, 7) is 5.62. The van der Waals surface area contributed by atoms with Crippen molar-refractivity contribution in [1.82, 2.24) is 20.3 Å². The SMILES string of the molecule is C=C(F)C(=O)NCc1cnn(Cc2cc(OC)c3c(NS(=O)(=O)c4cc(CC)ccc4OCCN)noc3c2)c1. The molecule has 2 aromatic carbocycles. The number of amides is 1. The lowest BCUT2D eigenvalue weighted by molar-refractivity contribution is -0.119. The lowest BCUT2D eigenvalue weighted by Crippen LogP contribution is -2.22. The molecule has 0 saturated carbocycles. The molecule has 0 fully saturated rings. The predicted octanol–water partition coefficient (Wildman–Crippen LogP) is 2.88. The van der Waals surface area contributed by atoms with Crippen LogP contribution in [0.25, 0.3) is 11.0 Å². The van der Waals surface area contributed by atoms with Crippen molar-refractivity contribution in [2.75, 3.05) is 25.0 Å². The van der Waals surface area contributed by atoms with Crippen molar-refractivity contribution < 1.29 is 31.6 Å². The molecule has 0 bridgehead atoms. The number of aryl methyl sites for hydroxylation is 1. The van der Waals surface area contributed by atoms with E-state index < -0.39 is 21.8 Å². The van der Waals surface area contributed by atoms with Crippen LogP contribution in [0.3, 0.4) is 0 Å². The van der Waals surface area contributed by atoms with E-state index in [1.165, 1.54) is 13.3 Å². The summed E-state index contributed by atoms with van der Waals surface area (Å²) < 4.78 is 60.4. The van der Waals surface area contributed by atoms with E-state index >= 15 is 0 Å². The second-order valence-corrected chi connectivity index (χ2v) is 10.4. The van der Waals surface area contributed by atoms with Gasteiger partial charge in [-0.25, -0.2) is 12.8 Å². The minimum atomic E-state index is -4.13. The van der Waals surface area contributed by atoms with E-state index in [9.17, 15) is 17.6 Å². The summed E-state index contributed by atoms with van der Waals surface area (Å²) in [5, 5.41) is 10.9. The van der Waals surface area contributed by atoms with Crippen molar-refractivity contribution >= 4 is 32.7 Å². The maximum Gasteiger partial charge on any atom is 0.279 e. The summed E-state index contributed by atoms with van der Waals surface area (Å²) in [5.74, 6) is -1.51. The van der Waals surface area contributed by atoms with Crippen molar-refractivity contribution in [3.05, 3.63) is 71.8 Å². The standard InChI is InChI=1S/C26H29FN6O6S/c1-4-17-5-6-20(38-8-7-28)23(11-17)40(35,36)32-25-24-21(37-3)9-18(10-22(24)39-31-25)14-33-15-19(13-30-33)12-29-26(34)16(2)27/h5-6,9-11,13,15H,2,4,7-8,12,14,28H2,1,3H3,(H,29,34)(H,31,32). The Labute approximate surface area is 230 Å². The molecule has 4 aromatic rings. The molecule has 0 aliphatic rings. The number of hydrogen-bond donors (Lipinski definition) is 3. The summed E-state index contributed by atoms with van der Waals surface area (Å²) in [6, 6.07) is 8.33. The predicted molar refractivity (Wildman–Crippen MR) is 145 cm³/mol. The third-order valence-corrected chi connectivity index (χ3v) is 7.22. The number of rotatable bonds is 13. The van der Waals surface area contributed by atoms with Crippen LogP contribution in [0.1, 0.15) is 23.6 Å². The molecular formula is C26H29FN6O6S. The first-order chi connectivity index (χ1) is 19.1. The number of benzene rings is 2. The Morgan fingerprint density at radius 3 is 2.70 bits per heavy atom. The minimum Gasteiger partial charge on any atom is -0.496 e. The van der Waals surface area contributed by atoms with Crippen molar-refractivity contribution in [2.24, 2.45) is 5.73 Å². The summed E-state index contributed by atoms with van der Waals surface area (Å²) in [5.41, 5.74) is 8.00. The van der Waals surface area contributed by atoms with Gasteiger partial charge in [-0.3, -0.25) is 14.2 Å². The van der Waals surface area contributed by atoms with Gasteiger partial charge < -0.3 is 25.0 Å². The average Bonchev–Trinajstić information content (AvgIpc) is 3.56. The third-order valence-electron chi connectivity index (χ3n) is 5.86. The molecule has 2 aromatic heterocycles. The smallest absolute Gasteiger partial charge is 0.279 e. The van der Waals surface area contributed by atoms with E-state index in [4.69, 9.17) is 19.7 Å². The highest BCUT2D eigenvalue weighted by Gasteiger charge is 2.25. The first kappa shape index (κ1) is 28.6. The number of aromatic nitrogens is 3. The number of ether oxygens (including phenoxy) is 2. The highest BCUT2D eigenvalue weighted by molar-refractivity contribution is 7.92. The first-order valence-corrected chi connectivity index (χ1v) is 13.7. The van der Waals surface area contributed by atoms with E-state index in [0.29, 0.717) is 29.7 Å². The van der Waals surface area contributed by atoms with Crippen LogP contribution >= 0.6 is 0 Å². The molecule has 0 atom stereocenters. The van der Waals surface area contributed by atoms with Gasteiger partial charge in [-0.1, -0.05) is 24.7 Å². The molecule has 0 spiro atoms. The molecule has 0 unspecified atom stereocenters. The van der Waals surface area contributed by atoms with Crippen LogP contribution in [0.4, 0.5) is 10.2 Å². The van der Waals surface area contributed by atoms with Crippen LogP contribution in [0.5, 0.6) is 11.5 Å². The number of hydrogen-bond acceptors (Lipinski definition) is 9. The number of nitrogens with zero attached hydrogens (tertiary/aromatic N) is 3. The molecule has 2 heterocycles. The van der Waals surface area contributed by atoms with Crippen LogP contribution in [0.15, 0.2) is 64.5 Å². The Balaban J connectivity index is 1.59. The van der Waals surface area contributed by atoms with E-state index in [0.717, 1.165) is 11.1 Å². The first-order valence-electron chi connectivity index (χ1n) is 12.2. The molecule has 4 N–H and O–H groups in total. The number of fused-ring (bicyclic) bond motifs is 1. The van der Waals surface area contributed by atoms with E-state index in [1.807, 2.05) is 6.92 Å². The average molecular weight is 573 g/mol. The van der Waals surface area contributed by atoms with Gasteiger partial charge in [-0.2, -0.15) is 5.10 Å². The van der Waals surface area contributed by atoms with Crippen molar-refractivity contribution in [2.45, 2.75) is 31.3 Å². The molecule has 40 heavy (non-hydrogen) atoms. The van der Waals surface area contributed by atoms with Crippen LogP contribution in [0.2, 0.25) is 0 Å². The number of anilines is 1. The fourth-order valence-electron chi connectivity index (χ4n) is 3.91. The van der Waals surface area contributed by atoms with Crippen LogP contribution in [-0.2, 0) is 34.3 Å². The minimum absolute atomic E-state index is 0.0448. The number of carbonyl (C=O) groups excluding carboxylic acids is 1. The number of nitrogens with one attached hydrogen (secondary N) is 2. The van der Waals surface area contributed by atoms with Gasteiger partial charge in [0.2, 0.25) is 0 Å². The zero-order valence-corrected chi connectivity index (χ0v) is 22.8. The van der Waals surface area contributed by atoms with Gasteiger partial charge in [0.15, 0.2) is 17.2 Å². The van der Waals surface area contributed by atoms with Gasteiger partial charge in [0.1, 0.15) is 28.4 Å². The zero-order chi connectivity index (χ0) is 28.9. The highest BCUT2D eigenvalue weighted by Crippen LogP contribution is 2.36. The Morgan fingerprint density at radius 1 is 1.20 bits per heavy atom. The largest absolute Gasteiger partial charge is 0.496 e. The lowest BCUT2D eigenvalue weighted by atomic mass is 10.1. The highest BCUT2D eigenvalue weighted by atomic mass is 32.2. The maximum absolute atomic E-state index is 13.4. The number of carbonyl (C=O) groups is 1. The molecule has 1 amide bonds. The molecule has 12 nitrogen and oxygen atoms in total. The molecule has 4 rings (SSSR count). The molecule has 0 saturated heterocycles. The Kier molecular flexibility index (Phi) is 8.70. The normalized spacial score (nSPS) is 11.4. The molecule has 0 aliphatic heterocycles. The number of methoxy groups -OCH3 is 1. The van der Waals surface area contributed by atoms with Gasteiger partial charge in [0, 0.05) is 24.8 Å². The molecular weight excluding hydrogens is 543 g/mol. The Hall–Kier alpha value is -4.43. The van der Waals surface area contributed by atoms with Crippen molar-refractivity contribution in [3.63, 3.8) is 0 Å². The number of sulfonamides is 1. The summed E-state index contributed by atoms with van der Waals surface area (Å²) in [6.07, 6.45) is 3.85. The quantitative estimate of drug-likeness (QED) is 0.204. The topological polar surface area (TPSA) is 164 Å². The van der Waals surface area contributed by atoms with Crippen LogP contribution < -0.4 is 25.2 Å². The van der Waals surface area contributed by atoms with E-state index in [-0.39, 0.29) is 41.7 Å². The van der Waals surface area contributed by atoms with Gasteiger partial charge in [-0.05, 0) is 41.8 Å². The Morgan fingerprint density at radius 2 is 2.00 bits per heavy atom. The van der Waals surface area contributed by atoms with Crippen LogP contribution in [-0.4, -0.2) is 49.5 Å². The second kappa shape index (κ2) is 12.2.